The van der Waals surface area contributed by atoms with E-state index in [0.717, 1.165) is 25.7 Å². The second kappa shape index (κ2) is 13.3. The Balaban J connectivity index is 2.94. The minimum Gasteiger partial charge on any atom is -0.499 e. The van der Waals surface area contributed by atoms with Gasteiger partial charge in [0.25, 0.3) is 0 Å². The molecule has 1 aliphatic heterocycles. The van der Waals surface area contributed by atoms with E-state index in [0.29, 0.717) is 25.7 Å². The summed E-state index contributed by atoms with van der Waals surface area (Å²) in [5, 5.41) is 19.8. The zero-order chi connectivity index (χ0) is 22.7. The molecule has 0 aromatic carbocycles. The number of carbonyl (C=O) groups excluding carboxylic acids is 3. The Morgan fingerprint density at radius 3 is 2.00 bits per heavy atom. The lowest BCUT2D eigenvalue weighted by Gasteiger charge is -2.25. The summed E-state index contributed by atoms with van der Waals surface area (Å²) in [6.45, 7) is 7.09. The van der Waals surface area contributed by atoms with Crippen molar-refractivity contribution in [1.29, 1.82) is 0 Å². The Morgan fingerprint density at radius 2 is 1.53 bits per heavy atom. The van der Waals surface area contributed by atoms with Crippen LogP contribution in [-0.4, -0.2) is 46.9 Å². The average Bonchev–Trinajstić information content (AvgIpc) is 3.01. The van der Waals surface area contributed by atoms with Crippen molar-refractivity contribution in [1.82, 2.24) is 0 Å². The van der Waals surface area contributed by atoms with Crippen LogP contribution in [0.1, 0.15) is 79.1 Å². The molecule has 0 fully saturated rings. The van der Waals surface area contributed by atoms with Gasteiger partial charge in [-0.05, 0) is 25.7 Å². The minimum absolute atomic E-state index is 0.349. The molecule has 0 aromatic heterocycles. The van der Waals surface area contributed by atoms with Crippen LogP contribution in [0, 0.1) is 11.8 Å². The Labute approximate surface area is 178 Å². The average molecular weight is 429 g/mol. The Morgan fingerprint density at radius 1 is 1.00 bits per heavy atom. The molecule has 0 radical (unpaired) electrons. The summed E-state index contributed by atoms with van der Waals surface area (Å²) < 4.78 is 15.8. The summed E-state index contributed by atoms with van der Waals surface area (Å²) in [5.41, 5.74) is 0. The van der Waals surface area contributed by atoms with Crippen LogP contribution >= 0.6 is 0 Å². The number of ether oxygens (including phenoxy) is 3. The zero-order valence-corrected chi connectivity index (χ0v) is 18.5. The molecule has 1 aliphatic rings. The van der Waals surface area contributed by atoms with E-state index < -0.39 is 54.2 Å². The molecule has 2 N–H and O–H groups in total. The summed E-state index contributed by atoms with van der Waals surface area (Å²) in [7, 11) is 0. The van der Waals surface area contributed by atoms with Crippen molar-refractivity contribution in [2.45, 2.75) is 91.3 Å². The first-order valence-corrected chi connectivity index (χ1v) is 11.0. The maximum atomic E-state index is 12.5. The summed E-state index contributed by atoms with van der Waals surface area (Å²) in [6, 6.07) is 0. The van der Waals surface area contributed by atoms with Crippen molar-refractivity contribution in [3.63, 3.8) is 0 Å². The van der Waals surface area contributed by atoms with Crippen molar-refractivity contribution in [2.24, 2.45) is 11.8 Å². The molecule has 1 rings (SSSR count). The minimum atomic E-state index is -1.37. The number of aliphatic hydroxyl groups is 2. The first kappa shape index (κ1) is 25.9. The fraction of sp³-hybridized carbons (Fsp3) is 0.773. The molecule has 0 aromatic rings. The normalized spacial score (nSPS) is 19.2. The number of carbonyl (C=O) groups is 3. The highest BCUT2D eigenvalue weighted by Crippen LogP contribution is 2.29. The van der Waals surface area contributed by atoms with Crippen molar-refractivity contribution in [3.8, 4) is 0 Å². The van der Waals surface area contributed by atoms with Crippen LogP contribution in [-0.2, 0) is 28.6 Å². The van der Waals surface area contributed by atoms with Crippen molar-refractivity contribution < 1.29 is 38.8 Å². The zero-order valence-electron chi connectivity index (χ0n) is 18.5. The number of hydrogen-bond donors (Lipinski definition) is 2. The number of unbranched alkanes of at least 4 members (excludes halogenated alkanes) is 2. The molecular formula is C22H36O8. The third-order valence-corrected chi connectivity index (χ3v) is 5.38. The SMILES string of the molecule is CCCCC(CC)C(=O)OC1=C(O)C(=O)O[C@@H]1[C@H](CO)OC(=O)C(CC)CCCC. The summed E-state index contributed by atoms with van der Waals surface area (Å²) in [5.74, 6) is -4.19. The topological polar surface area (TPSA) is 119 Å². The van der Waals surface area contributed by atoms with Crippen LogP contribution in [0.3, 0.4) is 0 Å². The van der Waals surface area contributed by atoms with Gasteiger partial charge >= 0.3 is 17.9 Å². The molecule has 0 saturated heterocycles. The summed E-state index contributed by atoms with van der Waals surface area (Å²) in [4.78, 5) is 36.9. The van der Waals surface area contributed by atoms with Gasteiger partial charge in [-0.25, -0.2) is 4.79 Å². The number of rotatable bonds is 14. The van der Waals surface area contributed by atoms with Crippen LogP contribution in [0.5, 0.6) is 0 Å². The van der Waals surface area contributed by atoms with Gasteiger partial charge in [0, 0.05) is 0 Å². The fourth-order valence-electron chi connectivity index (χ4n) is 3.32. The van der Waals surface area contributed by atoms with E-state index >= 15 is 0 Å². The van der Waals surface area contributed by atoms with Gasteiger partial charge in [0.05, 0.1) is 18.4 Å². The first-order valence-electron chi connectivity index (χ1n) is 11.0. The van der Waals surface area contributed by atoms with Crippen LogP contribution in [0.15, 0.2) is 11.5 Å². The van der Waals surface area contributed by atoms with E-state index in [9.17, 15) is 24.6 Å². The Kier molecular flexibility index (Phi) is 11.5. The van der Waals surface area contributed by atoms with Gasteiger partial charge < -0.3 is 24.4 Å². The molecule has 0 saturated carbocycles. The molecule has 0 amide bonds. The first-order chi connectivity index (χ1) is 14.3. The predicted octanol–water partition coefficient (Wildman–Crippen LogP) is 3.56. The standard InChI is InChI=1S/C22H36O8/c1-5-9-11-14(7-3)20(25)28-16(13-23)18-19(17(24)22(27)29-18)30-21(26)15(8-4)12-10-6-2/h14-16,18,23-24H,5-13H2,1-4H3/t14?,15?,16-,18+/m0/s1. The molecule has 172 valence electrons. The van der Waals surface area contributed by atoms with Gasteiger partial charge in [0.2, 0.25) is 17.6 Å². The van der Waals surface area contributed by atoms with Crippen LogP contribution in [0.4, 0.5) is 0 Å². The van der Waals surface area contributed by atoms with E-state index in [1.54, 1.807) is 0 Å². The lowest BCUT2D eigenvalue weighted by Crippen LogP contribution is -2.39. The third kappa shape index (κ3) is 7.00. The summed E-state index contributed by atoms with van der Waals surface area (Å²) >= 11 is 0. The molecular weight excluding hydrogens is 392 g/mol. The van der Waals surface area contributed by atoms with E-state index in [2.05, 4.69) is 0 Å². The maximum Gasteiger partial charge on any atom is 0.378 e. The van der Waals surface area contributed by atoms with E-state index in [1.165, 1.54) is 0 Å². The highest BCUT2D eigenvalue weighted by Gasteiger charge is 2.45. The fourth-order valence-corrected chi connectivity index (χ4v) is 3.32. The van der Waals surface area contributed by atoms with E-state index in [4.69, 9.17) is 14.2 Å². The number of hydrogen-bond acceptors (Lipinski definition) is 8. The van der Waals surface area contributed by atoms with Gasteiger partial charge in [-0.2, -0.15) is 0 Å². The van der Waals surface area contributed by atoms with Gasteiger partial charge in [0.15, 0.2) is 6.10 Å². The maximum absolute atomic E-state index is 12.5. The molecule has 0 spiro atoms. The quantitative estimate of drug-likeness (QED) is 0.318. The van der Waals surface area contributed by atoms with Crippen molar-refractivity contribution in [2.75, 3.05) is 6.61 Å². The number of aliphatic hydroxyl groups excluding tert-OH is 2. The lowest BCUT2D eigenvalue weighted by molar-refractivity contribution is -0.170. The third-order valence-electron chi connectivity index (χ3n) is 5.38. The van der Waals surface area contributed by atoms with Gasteiger partial charge in [-0.15, -0.1) is 0 Å². The number of cyclic esters (lactones) is 1. The molecule has 4 atom stereocenters. The molecule has 8 nitrogen and oxygen atoms in total. The van der Waals surface area contributed by atoms with Crippen LogP contribution in [0.25, 0.3) is 0 Å². The highest BCUT2D eigenvalue weighted by atomic mass is 16.6. The number of esters is 3. The van der Waals surface area contributed by atoms with E-state index in [1.807, 2.05) is 27.7 Å². The van der Waals surface area contributed by atoms with Crippen LogP contribution < -0.4 is 0 Å². The van der Waals surface area contributed by atoms with Crippen molar-refractivity contribution in [3.05, 3.63) is 11.5 Å². The second-order valence-electron chi connectivity index (χ2n) is 7.61. The lowest BCUT2D eigenvalue weighted by atomic mass is 9.99. The van der Waals surface area contributed by atoms with Crippen molar-refractivity contribution >= 4 is 17.9 Å². The van der Waals surface area contributed by atoms with Crippen LogP contribution in [0.2, 0.25) is 0 Å². The monoisotopic (exact) mass is 428 g/mol. The largest absolute Gasteiger partial charge is 0.499 e. The smallest absolute Gasteiger partial charge is 0.378 e. The van der Waals surface area contributed by atoms with Gasteiger partial charge in [-0.1, -0.05) is 53.4 Å². The predicted molar refractivity (Wildman–Crippen MR) is 109 cm³/mol. The molecule has 8 heteroatoms. The summed E-state index contributed by atoms with van der Waals surface area (Å²) in [6.07, 6.45) is 3.27. The molecule has 0 aliphatic carbocycles. The Bertz CT molecular complexity index is 612. The molecule has 30 heavy (non-hydrogen) atoms. The van der Waals surface area contributed by atoms with E-state index in [-0.39, 0.29) is 5.92 Å². The van der Waals surface area contributed by atoms with Gasteiger partial charge in [0.1, 0.15) is 0 Å². The highest BCUT2D eigenvalue weighted by molar-refractivity contribution is 5.90. The molecule has 1 heterocycles. The molecule has 2 unspecified atom stereocenters. The molecule has 0 bridgehead atoms. The van der Waals surface area contributed by atoms with Gasteiger partial charge in [-0.3, -0.25) is 9.59 Å². The second-order valence-corrected chi connectivity index (χ2v) is 7.61. The Hall–Kier alpha value is -2.09.